The van der Waals surface area contributed by atoms with Crippen molar-refractivity contribution in [2.45, 2.75) is 39.7 Å². The molecule has 27 heavy (non-hydrogen) atoms. The van der Waals surface area contributed by atoms with Gasteiger partial charge in [-0.2, -0.15) is 0 Å². The van der Waals surface area contributed by atoms with E-state index in [1.54, 1.807) is 10.6 Å². The first-order valence-corrected chi connectivity index (χ1v) is 9.96. The molecule has 0 saturated heterocycles. The maximum atomic E-state index is 14.8. The summed E-state index contributed by atoms with van der Waals surface area (Å²) in [5.74, 6) is 0.385. The second kappa shape index (κ2) is 8.61. The minimum absolute atomic E-state index is 0.156. The van der Waals surface area contributed by atoms with Crippen LogP contribution in [0.15, 0.2) is 57.8 Å². The van der Waals surface area contributed by atoms with Crippen molar-refractivity contribution < 1.29 is 4.39 Å². The number of aryl methyl sites for hydroxylation is 2. The molecule has 0 aliphatic carbocycles. The molecule has 1 heterocycles. The molecule has 0 fully saturated rings. The summed E-state index contributed by atoms with van der Waals surface area (Å²) in [6, 6.07) is 14.8. The molecule has 0 atom stereocenters. The fourth-order valence-electron chi connectivity index (χ4n) is 3.09. The molecule has 0 unspecified atom stereocenters. The molecule has 0 saturated carbocycles. The number of hydrogen-bond donors (Lipinski definition) is 0. The van der Waals surface area contributed by atoms with Gasteiger partial charge in [-0.25, -0.2) is 9.37 Å². The van der Waals surface area contributed by atoms with E-state index in [0.29, 0.717) is 28.7 Å². The van der Waals surface area contributed by atoms with E-state index in [9.17, 15) is 9.18 Å². The van der Waals surface area contributed by atoms with E-state index in [1.165, 1.54) is 6.07 Å². The lowest BCUT2D eigenvalue weighted by Gasteiger charge is -2.15. The van der Waals surface area contributed by atoms with Crippen LogP contribution >= 0.6 is 15.9 Å². The zero-order valence-corrected chi connectivity index (χ0v) is 17.1. The zero-order chi connectivity index (χ0) is 19.4. The van der Waals surface area contributed by atoms with Gasteiger partial charge in [-0.1, -0.05) is 56.3 Å². The van der Waals surface area contributed by atoms with Crippen molar-refractivity contribution in [3.8, 4) is 11.1 Å². The van der Waals surface area contributed by atoms with Crippen molar-refractivity contribution in [1.29, 1.82) is 0 Å². The molecule has 2 aromatic carbocycles. The molecule has 3 rings (SSSR count). The summed E-state index contributed by atoms with van der Waals surface area (Å²) in [6.45, 7) is 4.18. The summed E-state index contributed by atoms with van der Waals surface area (Å²) in [6.07, 6.45) is 2.22. The van der Waals surface area contributed by atoms with Gasteiger partial charge in [0.05, 0.1) is 12.2 Å². The summed E-state index contributed by atoms with van der Waals surface area (Å²) < 4.78 is 16.8. The lowest BCUT2D eigenvalue weighted by atomic mass is 10.0. The van der Waals surface area contributed by atoms with Crippen LogP contribution in [0.3, 0.4) is 0 Å². The van der Waals surface area contributed by atoms with Gasteiger partial charge in [0.1, 0.15) is 16.1 Å². The van der Waals surface area contributed by atoms with Crippen LogP contribution < -0.4 is 5.56 Å². The smallest absolute Gasteiger partial charge is 0.268 e. The van der Waals surface area contributed by atoms with Crippen LogP contribution in [-0.2, 0) is 19.4 Å². The highest BCUT2D eigenvalue weighted by molar-refractivity contribution is 9.10. The molecular weight excluding hydrogens is 407 g/mol. The van der Waals surface area contributed by atoms with Gasteiger partial charge in [-0.05, 0) is 46.0 Å². The van der Waals surface area contributed by atoms with Crippen LogP contribution in [0.25, 0.3) is 11.1 Å². The monoisotopic (exact) mass is 428 g/mol. The third-order valence-corrected chi connectivity index (χ3v) is 5.36. The summed E-state index contributed by atoms with van der Waals surface area (Å²) in [4.78, 5) is 17.4. The van der Waals surface area contributed by atoms with Crippen molar-refractivity contribution in [1.82, 2.24) is 9.55 Å². The Hall–Kier alpha value is -2.27. The van der Waals surface area contributed by atoms with E-state index in [2.05, 4.69) is 20.9 Å². The lowest BCUT2D eigenvalue weighted by Crippen LogP contribution is -2.28. The Morgan fingerprint density at radius 2 is 1.81 bits per heavy atom. The highest BCUT2D eigenvalue weighted by Gasteiger charge is 2.15. The fourth-order valence-corrected chi connectivity index (χ4v) is 3.68. The normalized spacial score (nSPS) is 11.0. The molecule has 0 N–H and O–H groups in total. The summed E-state index contributed by atoms with van der Waals surface area (Å²) in [7, 11) is 0. The van der Waals surface area contributed by atoms with Crippen LogP contribution in [-0.4, -0.2) is 9.55 Å². The molecule has 0 aliphatic rings. The minimum Gasteiger partial charge on any atom is -0.291 e. The molecule has 3 nitrogen and oxygen atoms in total. The van der Waals surface area contributed by atoms with Crippen LogP contribution in [0.5, 0.6) is 0 Å². The largest absolute Gasteiger partial charge is 0.291 e. The number of nitrogens with zero attached hydrogens (tertiary/aromatic N) is 2. The van der Waals surface area contributed by atoms with Gasteiger partial charge in [-0.15, -0.1) is 0 Å². The Morgan fingerprint density at radius 3 is 2.44 bits per heavy atom. The van der Waals surface area contributed by atoms with Gasteiger partial charge in [-0.3, -0.25) is 9.36 Å². The standard InChI is InChI=1S/C22H22BrFN2O/c1-3-8-20-25-19(4-2)21(23)22(27)26(20)14-17-12-11-16(13-18(17)24)15-9-6-5-7-10-15/h5-7,9-13H,3-4,8,14H2,1-2H3. The van der Waals surface area contributed by atoms with Crippen molar-refractivity contribution in [2.24, 2.45) is 0 Å². The number of rotatable bonds is 6. The van der Waals surface area contributed by atoms with Gasteiger partial charge < -0.3 is 0 Å². The Balaban J connectivity index is 2.00. The predicted octanol–water partition coefficient (Wildman–Crippen LogP) is 5.38. The van der Waals surface area contributed by atoms with Gasteiger partial charge >= 0.3 is 0 Å². The Bertz CT molecular complexity index is 999. The van der Waals surface area contributed by atoms with E-state index in [1.807, 2.05) is 50.2 Å². The van der Waals surface area contributed by atoms with Crippen molar-refractivity contribution in [3.05, 3.63) is 86.3 Å². The molecule has 3 aromatic rings. The van der Waals surface area contributed by atoms with E-state index < -0.39 is 0 Å². The summed E-state index contributed by atoms with van der Waals surface area (Å²) >= 11 is 3.36. The molecule has 140 valence electrons. The highest BCUT2D eigenvalue weighted by atomic mass is 79.9. The number of hydrogen-bond acceptors (Lipinski definition) is 2. The summed E-state index contributed by atoms with van der Waals surface area (Å²) in [5.41, 5.74) is 2.85. The van der Waals surface area contributed by atoms with E-state index in [-0.39, 0.29) is 17.9 Å². The first-order valence-electron chi connectivity index (χ1n) is 9.17. The van der Waals surface area contributed by atoms with Gasteiger partial charge in [0.15, 0.2) is 0 Å². The maximum Gasteiger partial charge on any atom is 0.268 e. The summed E-state index contributed by atoms with van der Waals surface area (Å²) in [5, 5.41) is 0. The van der Waals surface area contributed by atoms with Gasteiger partial charge in [0, 0.05) is 12.0 Å². The van der Waals surface area contributed by atoms with Crippen molar-refractivity contribution in [3.63, 3.8) is 0 Å². The van der Waals surface area contributed by atoms with E-state index >= 15 is 0 Å². The fraction of sp³-hybridized carbons (Fsp3) is 0.273. The quantitative estimate of drug-likeness (QED) is 0.528. The van der Waals surface area contributed by atoms with Crippen LogP contribution in [0.1, 0.15) is 37.4 Å². The molecule has 5 heteroatoms. The van der Waals surface area contributed by atoms with Gasteiger partial charge in [0.2, 0.25) is 0 Å². The topological polar surface area (TPSA) is 34.9 Å². The lowest BCUT2D eigenvalue weighted by molar-refractivity contribution is 0.579. The second-order valence-corrected chi connectivity index (χ2v) is 7.25. The Labute approximate surface area is 167 Å². The van der Waals surface area contributed by atoms with Crippen LogP contribution in [0.4, 0.5) is 4.39 Å². The van der Waals surface area contributed by atoms with Crippen molar-refractivity contribution in [2.75, 3.05) is 0 Å². The zero-order valence-electron chi connectivity index (χ0n) is 15.5. The number of benzene rings is 2. The first kappa shape index (κ1) is 19.5. The number of halogens is 2. The van der Waals surface area contributed by atoms with E-state index in [4.69, 9.17) is 0 Å². The Kier molecular flexibility index (Phi) is 6.22. The highest BCUT2D eigenvalue weighted by Crippen LogP contribution is 2.22. The van der Waals surface area contributed by atoms with Gasteiger partial charge in [0.25, 0.3) is 5.56 Å². The molecule has 0 amide bonds. The molecule has 1 aromatic heterocycles. The van der Waals surface area contributed by atoms with Crippen molar-refractivity contribution >= 4 is 15.9 Å². The molecule has 0 radical (unpaired) electrons. The third kappa shape index (κ3) is 4.19. The molecular formula is C22H22BrFN2O. The average molecular weight is 429 g/mol. The maximum absolute atomic E-state index is 14.8. The van der Waals surface area contributed by atoms with Crippen LogP contribution in [0.2, 0.25) is 0 Å². The minimum atomic E-state index is -0.318. The Morgan fingerprint density at radius 1 is 1.07 bits per heavy atom. The number of aromatic nitrogens is 2. The first-order chi connectivity index (χ1) is 13.0. The molecule has 0 aliphatic heterocycles. The molecule has 0 spiro atoms. The molecule has 0 bridgehead atoms. The van der Waals surface area contributed by atoms with E-state index in [0.717, 1.165) is 23.2 Å². The van der Waals surface area contributed by atoms with Crippen LogP contribution in [0, 0.1) is 5.82 Å². The average Bonchev–Trinajstić information content (AvgIpc) is 2.69. The second-order valence-electron chi connectivity index (χ2n) is 6.46. The predicted molar refractivity (Wildman–Crippen MR) is 111 cm³/mol. The SMILES string of the molecule is CCCc1nc(CC)c(Br)c(=O)n1Cc1ccc(-c2ccccc2)cc1F. The third-order valence-electron chi connectivity index (χ3n) is 4.56.